The van der Waals surface area contributed by atoms with E-state index in [9.17, 15) is 8.78 Å². The summed E-state index contributed by atoms with van der Waals surface area (Å²) in [6.45, 7) is 4.92. The highest BCUT2D eigenvalue weighted by molar-refractivity contribution is 5.79. The fourth-order valence-electron chi connectivity index (χ4n) is 2.95. The summed E-state index contributed by atoms with van der Waals surface area (Å²) < 4.78 is 32.5. The lowest BCUT2D eigenvalue weighted by Crippen LogP contribution is -2.57. The number of halogens is 2. The summed E-state index contributed by atoms with van der Waals surface area (Å²) in [6, 6.07) is 3.42. The van der Waals surface area contributed by atoms with Crippen molar-refractivity contribution in [3.8, 4) is 0 Å². The first-order valence-electron chi connectivity index (χ1n) is 8.68. The zero-order valence-electron chi connectivity index (χ0n) is 15.2. The molecule has 0 saturated carbocycles. The fourth-order valence-corrected chi connectivity index (χ4v) is 2.95. The smallest absolute Gasteiger partial charge is 0.191 e. The topological polar surface area (TPSA) is 48.9 Å². The molecule has 0 bridgehead atoms. The van der Waals surface area contributed by atoms with Gasteiger partial charge in [0.05, 0.1) is 6.54 Å². The maximum Gasteiger partial charge on any atom is 0.191 e. The van der Waals surface area contributed by atoms with E-state index in [1.54, 1.807) is 0 Å². The third-order valence-electron chi connectivity index (χ3n) is 4.72. The molecular weight excluding hydrogens is 326 g/mol. The van der Waals surface area contributed by atoms with Crippen LogP contribution < -0.4 is 10.6 Å². The van der Waals surface area contributed by atoms with Gasteiger partial charge in [0, 0.05) is 37.4 Å². The summed E-state index contributed by atoms with van der Waals surface area (Å²) in [6.07, 6.45) is 1.87. The van der Waals surface area contributed by atoms with E-state index in [1.165, 1.54) is 6.07 Å². The van der Waals surface area contributed by atoms with Gasteiger partial charge in [-0.05, 0) is 52.1 Å². The summed E-state index contributed by atoms with van der Waals surface area (Å²) in [5, 5.41) is 6.50. The largest absolute Gasteiger partial charge is 0.381 e. The van der Waals surface area contributed by atoms with Crippen molar-refractivity contribution in [2.45, 2.75) is 31.8 Å². The SMILES string of the molecule is CCNC(=NCc1cc(F)ccc1F)NCC1(N(C)C)CCOCC1. The van der Waals surface area contributed by atoms with Crippen molar-refractivity contribution in [1.29, 1.82) is 0 Å². The first kappa shape index (κ1) is 19.6. The lowest BCUT2D eigenvalue weighted by atomic mass is 9.88. The molecule has 0 spiro atoms. The second-order valence-electron chi connectivity index (χ2n) is 6.52. The van der Waals surface area contributed by atoms with Gasteiger partial charge in [-0.1, -0.05) is 0 Å². The van der Waals surface area contributed by atoms with Crippen LogP contribution in [-0.2, 0) is 11.3 Å². The van der Waals surface area contributed by atoms with Crippen molar-refractivity contribution in [3.05, 3.63) is 35.4 Å². The van der Waals surface area contributed by atoms with Crippen molar-refractivity contribution < 1.29 is 13.5 Å². The molecule has 0 aromatic heterocycles. The molecule has 0 unspecified atom stereocenters. The first-order valence-corrected chi connectivity index (χ1v) is 8.68. The molecule has 1 fully saturated rings. The van der Waals surface area contributed by atoms with Gasteiger partial charge in [0.15, 0.2) is 5.96 Å². The highest BCUT2D eigenvalue weighted by atomic mass is 19.1. The van der Waals surface area contributed by atoms with Crippen molar-refractivity contribution >= 4 is 5.96 Å². The summed E-state index contributed by atoms with van der Waals surface area (Å²) in [5.74, 6) is -0.313. The Morgan fingerprint density at radius 1 is 1.24 bits per heavy atom. The number of rotatable bonds is 6. The number of nitrogens with one attached hydrogen (secondary N) is 2. The molecule has 1 aliphatic heterocycles. The molecule has 25 heavy (non-hydrogen) atoms. The highest BCUT2D eigenvalue weighted by Gasteiger charge is 2.34. The van der Waals surface area contributed by atoms with Crippen LogP contribution >= 0.6 is 0 Å². The quantitative estimate of drug-likeness (QED) is 0.607. The molecule has 2 rings (SSSR count). The minimum Gasteiger partial charge on any atom is -0.381 e. The van der Waals surface area contributed by atoms with Crippen LogP contribution in [0.2, 0.25) is 0 Å². The molecule has 2 N–H and O–H groups in total. The zero-order chi connectivity index (χ0) is 18.3. The Kier molecular flexibility index (Phi) is 7.13. The lowest BCUT2D eigenvalue weighted by Gasteiger charge is -2.43. The fraction of sp³-hybridized carbons (Fsp3) is 0.611. The van der Waals surface area contributed by atoms with Gasteiger partial charge >= 0.3 is 0 Å². The maximum atomic E-state index is 13.8. The van der Waals surface area contributed by atoms with Gasteiger partial charge in [-0.25, -0.2) is 13.8 Å². The number of aliphatic imine (C=N–C) groups is 1. The Hall–Kier alpha value is -1.73. The van der Waals surface area contributed by atoms with E-state index < -0.39 is 11.6 Å². The van der Waals surface area contributed by atoms with E-state index in [2.05, 4.69) is 34.6 Å². The lowest BCUT2D eigenvalue weighted by molar-refractivity contribution is -0.00501. The molecule has 1 saturated heterocycles. The molecule has 0 amide bonds. The monoisotopic (exact) mass is 354 g/mol. The van der Waals surface area contributed by atoms with Crippen LogP contribution in [0, 0.1) is 11.6 Å². The van der Waals surface area contributed by atoms with Crippen LogP contribution in [-0.4, -0.2) is 56.8 Å². The predicted molar refractivity (Wildman–Crippen MR) is 95.6 cm³/mol. The van der Waals surface area contributed by atoms with Gasteiger partial charge in [0.2, 0.25) is 0 Å². The predicted octanol–water partition coefficient (Wildman–Crippen LogP) is 2.13. The van der Waals surface area contributed by atoms with Crippen LogP contribution in [0.15, 0.2) is 23.2 Å². The highest BCUT2D eigenvalue weighted by Crippen LogP contribution is 2.25. The molecule has 0 aliphatic carbocycles. The molecule has 7 heteroatoms. The Morgan fingerprint density at radius 2 is 1.96 bits per heavy atom. The van der Waals surface area contributed by atoms with Gasteiger partial charge in [-0.3, -0.25) is 0 Å². The summed E-state index contributed by atoms with van der Waals surface area (Å²) in [7, 11) is 4.14. The minimum atomic E-state index is -0.460. The van der Waals surface area contributed by atoms with Crippen molar-refractivity contribution in [2.24, 2.45) is 4.99 Å². The summed E-state index contributed by atoms with van der Waals surface area (Å²) in [5.41, 5.74) is 0.240. The molecular formula is C18H28F2N4O. The third kappa shape index (κ3) is 5.37. The Morgan fingerprint density at radius 3 is 2.60 bits per heavy atom. The maximum absolute atomic E-state index is 13.8. The first-order chi connectivity index (χ1) is 12.0. The van der Waals surface area contributed by atoms with Gasteiger partial charge in [0.1, 0.15) is 11.6 Å². The average Bonchev–Trinajstić information content (AvgIpc) is 2.60. The van der Waals surface area contributed by atoms with E-state index in [1.807, 2.05) is 6.92 Å². The average molecular weight is 354 g/mol. The van der Waals surface area contributed by atoms with E-state index in [0.29, 0.717) is 19.0 Å². The molecule has 5 nitrogen and oxygen atoms in total. The van der Waals surface area contributed by atoms with E-state index >= 15 is 0 Å². The van der Waals surface area contributed by atoms with Crippen LogP contribution in [0.3, 0.4) is 0 Å². The number of nitrogens with zero attached hydrogens (tertiary/aromatic N) is 2. The van der Waals surface area contributed by atoms with Gasteiger partial charge in [-0.15, -0.1) is 0 Å². The van der Waals surface area contributed by atoms with Crippen LogP contribution in [0.5, 0.6) is 0 Å². The van der Waals surface area contributed by atoms with Crippen molar-refractivity contribution in [1.82, 2.24) is 15.5 Å². The molecule has 140 valence electrons. The van der Waals surface area contributed by atoms with E-state index in [-0.39, 0.29) is 17.6 Å². The van der Waals surface area contributed by atoms with Gasteiger partial charge < -0.3 is 20.3 Å². The number of hydrogen-bond donors (Lipinski definition) is 2. The van der Waals surface area contributed by atoms with Gasteiger partial charge in [0.25, 0.3) is 0 Å². The second kappa shape index (κ2) is 9.10. The van der Waals surface area contributed by atoms with Crippen molar-refractivity contribution in [2.75, 3.05) is 40.4 Å². The standard InChI is InChI=1S/C18H28F2N4O/c1-4-21-17(22-12-14-11-15(19)5-6-16(14)20)23-13-18(24(2)3)7-9-25-10-8-18/h5-6,11H,4,7-10,12-13H2,1-3H3,(H2,21,22,23). The molecule has 1 aromatic rings. The third-order valence-corrected chi connectivity index (χ3v) is 4.72. The molecule has 0 radical (unpaired) electrons. The Balaban J connectivity index is 2.05. The number of hydrogen-bond acceptors (Lipinski definition) is 3. The van der Waals surface area contributed by atoms with E-state index in [4.69, 9.17) is 4.74 Å². The van der Waals surface area contributed by atoms with E-state index in [0.717, 1.165) is 38.2 Å². The van der Waals surface area contributed by atoms with Crippen LogP contribution in [0.1, 0.15) is 25.3 Å². The van der Waals surface area contributed by atoms with Crippen molar-refractivity contribution in [3.63, 3.8) is 0 Å². The number of guanidine groups is 1. The normalized spacial score (nSPS) is 17.6. The molecule has 1 aliphatic rings. The molecule has 1 heterocycles. The number of likely N-dealkylation sites (N-methyl/N-ethyl adjacent to an activating group) is 1. The second-order valence-corrected chi connectivity index (χ2v) is 6.52. The Labute approximate surface area is 148 Å². The molecule has 0 atom stereocenters. The Bertz CT molecular complexity index is 586. The molecule has 1 aromatic carbocycles. The van der Waals surface area contributed by atoms with Gasteiger partial charge in [-0.2, -0.15) is 0 Å². The zero-order valence-corrected chi connectivity index (χ0v) is 15.2. The minimum absolute atomic E-state index is 0.00144. The van der Waals surface area contributed by atoms with Crippen LogP contribution in [0.4, 0.5) is 8.78 Å². The summed E-state index contributed by atoms with van der Waals surface area (Å²) in [4.78, 5) is 6.62. The van der Waals surface area contributed by atoms with Crippen LogP contribution in [0.25, 0.3) is 0 Å². The summed E-state index contributed by atoms with van der Waals surface area (Å²) >= 11 is 0. The number of ether oxygens (including phenoxy) is 1. The number of benzene rings is 1.